The van der Waals surface area contributed by atoms with Crippen LogP contribution in [0.15, 0.2) is 18.2 Å². The Morgan fingerprint density at radius 1 is 0.619 bits per heavy atom. The van der Waals surface area contributed by atoms with E-state index in [0.29, 0.717) is 50.8 Å². The smallest absolute Gasteiger partial charge is 0.354 e. The summed E-state index contributed by atoms with van der Waals surface area (Å²) in [6.45, 7) is 10.2. The Balaban J connectivity index is 1.51. The number of likely N-dealkylation sites (N-methyl/N-ethyl adjacent to an activating group) is 7. The Bertz CT molecular complexity index is 2940. The van der Waals surface area contributed by atoms with Crippen molar-refractivity contribution in [2.45, 2.75) is 212 Å². The largest absolute Gasteiger partial charge is 0.417 e. The Kier molecular flexibility index (Phi) is 30.9. The number of halogens is 4. The standard InChI is InChI=1S/C69H108ClF3N12O12/c1-14-45(6)60-67(96)79(9)41-58(89)77(7)42-59(90)81(11)53(38-46-24-17-15-18-25-46)65(94)78(8)40-55(86)75-50(31-29-47-28-30-48(49(70)37-47)69(71,72)73)64(93)85-35-23-26-51(85)62(91)74-32-20-19-27-56(87)83(13)61(44(4)5)68(97)82(12)54(66(95)84-33-21-16-22-34-84)39-57(88)80(10)52(36-43(2)3)63(92)76-60/h28,30,37,43-46,50-54,60-61H,14-27,29,31-36,38-42H2,1-13H3,(H,74,91)(H,75,86)(H,76,92)/t45-,50-,51-,52-,53-,54-,60?,61-/m0/s1. The Labute approximate surface area is 576 Å². The first-order valence-electron chi connectivity index (χ1n) is 34.7. The molecule has 1 saturated carbocycles. The van der Waals surface area contributed by atoms with Gasteiger partial charge in [0.25, 0.3) is 0 Å². The number of hydrogen-bond donors (Lipinski definition) is 3. The quantitative estimate of drug-likeness (QED) is 0.253. The number of hydrogen-bond acceptors (Lipinski definition) is 12. The number of alkyl halides is 3. The van der Waals surface area contributed by atoms with E-state index in [1.165, 1.54) is 79.9 Å². The molecule has 8 atom stereocenters. The Hall–Kier alpha value is -7.06. The van der Waals surface area contributed by atoms with Crippen molar-refractivity contribution in [3.8, 4) is 0 Å². The second-order valence-electron chi connectivity index (χ2n) is 28.1. The van der Waals surface area contributed by atoms with E-state index in [1.807, 2.05) is 20.8 Å². The minimum absolute atomic E-state index is 0.0285. The van der Waals surface area contributed by atoms with Crippen molar-refractivity contribution in [1.29, 1.82) is 0 Å². The summed E-state index contributed by atoms with van der Waals surface area (Å²) in [5, 5.41) is 7.93. The van der Waals surface area contributed by atoms with Crippen LogP contribution in [0, 0.1) is 23.7 Å². The second-order valence-corrected chi connectivity index (χ2v) is 28.5. The number of carbonyl (C=O) groups excluding carboxylic acids is 12. The van der Waals surface area contributed by atoms with Crippen LogP contribution in [0.5, 0.6) is 0 Å². The molecule has 0 aromatic heterocycles. The predicted molar refractivity (Wildman–Crippen MR) is 359 cm³/mol. The first-order chi connectivity index (χ1) is 45.6. The van der Waals surface area contributed by atoms with E-state index < -0.39 is 168 Å². The molecule has 97 heavy (non-hydrogen) atoms. The molecule has 544 valence electrons. The van der Waals surface area contributed by atoms with Gasteiger partial charge in [-0.25, -0.2) is 0 Å². The van der Waals surface area contributed by atoms with E-state index in [2.05, 4.69) is 16.0 Å². The molecule has 0 bridgehead atoms. The highest BCUT2D eigenvalue weighted by atomic mass is 35.5. The van der Waals surface area contributed by atoms with Crippen molar-refractivity contribution in [1.82, 2.24) is 60.0 Å². The molecule has 1 aromatic rings. The summed E-state index contributed by atoms with van der Waals surface area (Å²) in [7, 11) is 9.93. The Morgan fingerprint density at radius 3 is 1.85 bits per heavy atom. The number of nitrogens with one attached hydrogen (secondary N) is 3. The molecule has 12 amide bonds. The zero-order valence-corrected chi connectivity index (χ0v) is 60.2. The number of rotatable bonds is 11. The average molecular weight is 1390 g/mol. The van der Waals surface area contributed by atoms with Crippen molar-refractivity contribution in [2.24, 2.45) is 23.7 Å². The van der Waals surface area contributed by atoms with E-state index >= 15 is 0 Å². The summed E-state index contributed by atoms with van der Waals surface area (Å²) in [5.41, 5.74) is -0.735. The summed E-state index contributed by atoms with van der Waals surface area (Å²) in [6, 6.07) is -5.07. The highest BCUT2D eigenvalue weighted by molar-refractivity contribution is 6.31. The second kappa shape index (κ2) is 37.2. The van der Waals surface area contributed by atoms with Gasteiger partial charge in [-0.05, 0) is 112 Å². The fraction of sp³-hybridized carbons (Fsp3) is 0.739. The van der Waals surface area contributed by atoms with Gasteiger partial charge >= 0.3 is 6.18 Å². The van der Waals surface area contributed by atoms with Gasteiger partial charge in [-0.15, -0.1) is 0 Å². The molecule has 3 heterocycles. The van der Waals surface area contributed by atoms with Crippen LogP contribution >= 0.6 is 11.6 Å². The van der Waals surface area contributed by atoms with Gasteiger partial charge < -0.3 is 60.0 Å². The van der Waals surface area contributed by atoms with Crippen LogP contribution in [-0.4, -0.2) is 252 Å². The number of aryl methyl sites for hydroxylation is 1. The molecule has 1 aliphatic carbocycles. The van der Waals surface area contributed by atoms with Gasteiger partial charge in [-0.1, -0.05) is 97.7 Å². The maximum absolute atomic E-state index is 14.9. The van der Waals surface area contributed by atoms with Gasteiger partial charge in [-0.3, -0.25) is 57.5 Å². The predicted octanol–water partition coefficient (Wildman–Crippen LogP) is 5.36. The van der Waals surface area contributed by atoms with E-state index in [9.17, 15) is 70.7 Å². The highest BCUT2D eigenvalue weighted by Crippen LogP contribution is 2.36. The maximum Gasteiger partial charge on any atom is 0.417 e. The summed E-state index contributed by atoms with van der Waals surface area (Å²) in [5.74, 6) is -8.32. The number of nitrogens with zero attached hydrogens (tertiary/aromatic N) is 9. The molecule has 0 radical (unpaired) electrons. The summed E-state index contributed by atoms with van der Waals surface area (Å²) in [6.07, 6.45) is 3.18. The minimum Gasteiger partial charge on any atom is -0.354 e. The van der Waals surface area contributed by atoms with Crippen molar-refractivity contribution in [3.05, 3.63) is 34.3 Å². The van der Waals surface area contributed by atoms with E-state index in [1.54, 1.807) is 25.7 Å². The molecule has 3 N–H and O–H groups in total. The van der Waals surface area contributed by atoms with Gasteiger partial charge in [0, 0.05) is 81.9 Å². The van der Waals surface area contributed by atoms with Gasteiger partial charge in [0.15, 0.2) is 0 Å². The third kappa shape index (κ3) is 22.5. The third-order valence-electron chi connectivity index (χ3n) is 19.8. The third-order valence-corrected chi connectivity index (χ3v) is 20.2. The number of benzene rings is 1. The van der Waals surface area contributed by atoms with E-state index in [-0.39, 0.29) is 69.9 Å². The molecule has 0 spiro atoms. The highest BCUT2D eigenvalue weighted by Gasteiger charge is 2.44. The van der Waals surface area contributed by atoms with Crippen LogP contribution in [0.3, 0.4) is 0 Å². The van der Waals surface area contributed by atoms with Gasteiger partial charge in [0.05, 0.1) is 36.6 Å². The van der Waals surface area contributed by atoms with Crippen LogP contribution in [0.1, 0.15) is 168 Å². The summed E-state index contributed by atoms with van der Waals surface area (Å²) < 4.78 is 41.2. The molecular weight excluding hydrogens is 1280 g/mol. The number of piperidine rings is 1. The van der Waals surface area contributed by atoms with E-state index in [0.717, 1.165) is 65.4 Å². The molecular formula is C69H108ClF3N12O12. The Morgan fingerprint density at radius 2 is 1.24 bits per heavy atom. The van der Waals surface area contributed by atoms with Crippen LogP contribution in [0.25, 0.3) is 0 Å². The average Bonchev–Trinajstić information content (AvgIpc) is 1.05. The van der Waals surface area contributed by atoms with Crippen molar-refractivity contribution >= 4 is 82.5 Å². The van der Waals surface area contributed by atoms with Crippen molar-refractivity contribution in [2.75, 3.05) is 95.1 Å². The molecule has 24 nitrogen and oxygen atoms in total. The fourth-order valence-electron chi connectivity index (χ4n) is 13.5. The maximum atomic E-state index is 14.9. The van der Waals surface area contributed by atoms with Crippen LogP contribution in [0.2, 0.25) is 5.02 Å². The van der Waals surface area contributed by atoms with Crippen LogP contribution in [0.4, 0.5) is 13.2 Å². The molecule has 3 aliphatic heterocycles. The molecule has 4 aliphatic rings. The zero-order chi connectivity index (χ0) is 72.3. The molecule has 1 unspecified atom stereocenters. The van der Waals surface area contributed by atoms with Crippen LogP contribution in [-0.2, 0) is 70.1 Å². The van der Waals surface area contributed by atoms with Gasteiger partial charge in [0.1, 0.15) is 42.3 Å². The lowest BCUT2D eigenvalue weighted by molar-refractivity contribution is -0.154. The molecule has 5 rings (SSSR count). The van der Waals surface area contributed by atoms with Crippen LogP contribution < -0.4 is 16.0 Å². The monoisotopic (exact) mass is 1390 g/mol. The normalized spacial score (nSPS) is 25.5. The van der Waals surface area contributed by atoms with Crippen molar-refractivity contribution in [3.63, 3.8) is 0 Å². The summed E-state index contributed by atoms with van der Waals surface area (Å²) >= 11 is 6.09. The fourth-order valence-corrected chi connectivity index (χ4v) is 13.8. The molecule has 1 aromatic carbocycles. The summed E-state index contributed by atoms with van der Waals surface area (Å²) in [4.78, 5) is 185. The first-order valence-corrected chi connectivity index (χ1v) is 35.1. The van der Waals surface area contributed by atoms with Gasteiger partial charge in [-0.2, -0.15) is 13.2 Å². The lowest BCUT2D eigenvalue weighted by Crippen LogP contribution is -2.59. The van der Waals surface area contributed by atoms with Crippen molar-refractivity contribution < 1.29 is 70.7 Å². The zero-order valence-electron chi connectivity index (χ0n) is 59.4. The number of carbonyl (C=O) groups is 12. The lowest BCUT2D eigenvalue weighted by atomic mass is 9.84. The number of likely N-dealkylation sites (tertiary alicyclic amines) is 1. The molecule has 28 heteroatoms. The van der Waals surface area contributed by atoms with E-state index in [4.69, 9.17) is 11.6 Å². The number of fused-ring (bicyclic) bond motifs is 1. The molecule has 3 saturated heterocycles. The topological polar surface area (TPSA) is 270 Å². The lowest BCUT2D eigenvalue weighted by Gasteiger charge is -2.39. The SMILES string of the molecule is CC[C@H](C)C1NC(=O)[C@H](CC(C)C)N(C)C(=O)C[C@@H](C(=O)N2CCCCC2)N(C)C(=O)[C@H](C(C)C)N(C)C(=O)CCCCNC(=O)[C@@H]2CCCN2C(=O)[C@H](CCc2ccc(C(F)(F)F)c(Cl)c2)NC(=O)CN(C)C(=O)[C@H](CC2CCCCC2)N(C)C(=O)CN(C)C(=O)CN(C)C1=O. The first kappa shape index (κ1) is 80.6. The minimum atomic E-state index is -4.74. The molecule has 4 fully saturated rings. The van der Waals surface area contributed by atoms with Gasteiger partial charge in [0.2, 0.25) is 70.9 Å². The number of amides is 12.